The van der Waals surface area contributed by atoms with Crippen molar-refractivity contribution in [2.45, 2.75) is 20.5 Å². The zero-order valence-electron chi connectivity index (χ0n) is 7.91. The van der Waals surface area contributed by atoms with Gasteiger partial charge in [-0.1, -0.05) is 0 Å². The number of ketones is 1. The summed E-state index contributed by atoms with van der Waals surface area (Å²) in [4.78, 5) is 15.0. The van der Waals surface area contributed by atoms with Gasteiger partial charge in [-0.05, 0) is 26.0 Å². The number of ether oxygens (including phenoxy) is 1. The fourth-order valence-electron chi connectivity index (χ4n) is 0.925. The minimum atomic E-state index is 0.0375. The predicted octanol–water partition coefficient (Wildman–Crippen LogP) is 1.82. The molecule has 0 radical (unpaired) electrons. The van der Waals surface area contributed by atoms with Crippen LogP contribution < -0.4 is 0 Å². The molecule has 13 heavy (non-hydrogen) atoms. The van der Waals surface area contributed by atoms with Crippen molar-refractivity contribution in [3.8, 4) is 0 Å². The van der Waals surface area contributed by atoms with E-state index >= 15 is 0 Å². The lowest BCUT2D eigenvalue weighted by Crippen LogP contribution is -1.98. The van der Waals surface area contributed by atoms with Gasteiger partial charge >= 0.3 is 0 Å². The third-order valence-electron chi connectivity index (χ3n) is 1.69. The predicted molar refractivity (Wildman–Crippen MR) is 49.6 cm³/mol. The monoisotopic (exact) mass is 179 g/mol. The molecule has 0 bridgehead atoms. The summed E-state index contributed by atoms with van der Waals surface area (Å²) >= 11 is 0. The van der Waals surface area contributed by atoms with Crippen LogP contribution in [0.5, 0.6) is 0 Å². The molecule has 0 N–H and O–H groups in total. The maximum Gasteiger partial charge on any atom is 0.161 e. The smallest absolute Gasteiger partial charge is 0.161 e. The molecule has 0 saturated carbocycles. The summed E-state index contributed by atoms with van der Waals surface area (Å²) in [6.45, 7) is 4.65. The van der Waals surface area contributed by atoms with E-state index in [-0.39, 0.29) is 5.78 Å². The van der Waals surface area contributed by atoms with Gasteiger partial charge in [0, 0.05) is 18.4 Å². The number of Topliss-reactive ketones (excluding diaryl/α,β-unsaturated/α-hetero) is 1. The molecule has 0 aliphatic rings. The summed E-state index contributed by atoms with van der Waals surface area (Å²) in [5.74, 6) is 0.0375. The number of rotatable bonds is 4. The van der Waals surface area contributed by atoms with Gasteiger partial charge in [0.15, 0.2) is 5.78 Å². The summed E-state index contributed by atoms with van der Waals surface area (Å²) in [5.41, 5.74) is 1.49. The molecule has 70 valence electrons. The van der Waals surface area contributed by atoms with Crippen LogP contribution in [0.1, 0.15) is 29.9 Å². The van der Waals surface area contributed by atoms with Crippen LogP contribution in [0.25, 0.3) is 0 Å². The lowest BCUT2D eigenvalue weighted by Gasteiger charge is -2.00. The summed E-state index contributed by atoms with van der Waals surface area (Å²) in [5, 5.41) is 0. The highest BCUT2D eigenvalue weighted by atomic mass is 16.5. The normalized spacial score (nSPS) is 10.0. The first kappa shape index (κ1) is 9.86. The van der Waals surface area contributed by atoms with Crippen LogP contribution in [0.2, 0.25) is 0 Å². The Morgan fingerprint density at radius 3 is 2.77 bits per heavy atom. The standard InChI is InChI=1S/C10H13NO2/c1-3-13-7-10-5-4-9(6-11-10)8(2)12/h4-6H,3,7H2,1-2H3. The minimum Gasteiger partial charge on any atom is -0.375 e. The molecule has 0 unspecified atom stereocenters. The van der Waals surface area contributed by atoms with E-state index in [0.29, 0.717) is 18.8 Å². The van der Waals surface area contributed by atoms with Crippen LogP contribution in [-0.4, -0.2) is 17.4 Å². The Hall–Kier alpha value is -1.22. The van der Waals surface area contributed by atoms with E-state index in [9.17, 15) is 4.79 Å². The number of carbonyl (C=O) groups is 1. The van der Waals surface area contributed by atoms with Crippen LogP contribution in [0.3, 0.4) is 0 Å². The Balaban J connectivity index is 2.64. The Labute approximate surface area is 77.8 Å². The van der Waals surface area contributed by atoms with Crippen LogP contribution in [0, 0.1) is 0 Å². The third kappa shape index (κ3) is 2.95. The van der Waals surface area contributed by atoms with Crippen molar-refractivity contribution in [1.82, 2.24) is 4.98 Å². The maximum atomic E-state index is 10.9. The first-order valence-corrected chi connectivity index (χ1v) is 4.27. The highest BCUT2D eigenvalue weighted by molar-refractivity contribution is 5.93. The van der Waals surface area contributed by atoms with E-state index in [1.165, 1.54) is 6.92 Å². The highest BCUT2D eigenvalue weighted by Gasteiger charge is 1.99. The molecule has 1 aromatic heterocycles. The van der Waals surface area contributed by atoms with Crippen LogP contribution in [0.15, 0.2) is 18.3 Å². The molecule has 0 aliphatic carbocycles. The molecule has 0 aliphatic heterocycles. The Morgan fingerprint density at radius 1 is 1.54 bits per heavy atom. The fourth-order valence-corrected chi connectivity index (χ4v) is 0.925. The molecular weight excluding hydrogens is 166 g/mol. The second-order valence-corrected chi connectivity index (χ2v) is 2.73. The second-order valence-electron chi connectivity index (χ2n) is 2.73. The van der Waals surface area contributed by atoms with E-state index in [0.717, 1.165) is 5.69 Å². The SMILES string of the molecule is CCOCc1ccc(C(C)=O)cn1. The molecule has 3 heteroatoms. The zero-order chi connectivity index (χ0) is 9.68. The van der Waals surface area contributed by atoms with Gasteiger partial charge in [0.25, 0.3) is 0 Å². The largest absolute Gasteiger partial charge is 0.375 e. The van der Waals surface area contributed by atoms with Crippen molar-refractivity contribution >= 4 is 5.78 Å². The van der Waals surface area contributed by atoms with Gasteiger partial charge in [-0.15, -0.1) is 0 Å². The summed E-state index contributed by atoms with van der Waals surface area (Å²) in [7, 11) is 0. The van der Waals surface area contributed by atoms with Gasteiger partial charge < -0.3 is 4.74 Å². The topological polar surface area (TPSA) is 39.2 Å². The molecular formula is C10H13NO2. The molecule has 1 heterocycles. The highest BCUT2D eigenvalue weighted by Crippen LogP contribution is 2.02. The Morgan fingerprint density at radius 2 is 2.31 bits per heavy atom. The number of hydrogen-bond acceptors (Lipinski definition) is 3. The van der Waals surface area contributed by atoms with Crippen molar-refractivity contribution in [2.24, 2.45) is 0 Å². The van der Waals surface area contributed by atoms with Crippen molar-refractivity contribution < 1.29 is 9.53 Å². The van der Waals surface area contributed by atoms with E-state index in [2.05, 4.69) is 4.98 Å². The molecule has 1 aromatic rings. The van der Waals surface area contributed by atoms with Crippen LogP contribution in [0.4, 0.5) is 0 Å². The van der Waals surface area contributed by atoms with E-state index in [1.54, 1.807) is 12.3 Å². The Kier molecular flexibility index (Phi) is 3.58. The van der Waals surface area contributed by atoms with Gasteiger partial charge in [-0.3, -0.25) is 9.78 Å². The van der Waals surface area contributed by atoms with Crippen LogP contribution >= 0.6 is 0 Å². The summed E-state index contributed by atoms with van der Waals surface area (Å²) in [6.07, 6.45) is 1.58. The Bertz CT molecular complexity index is 279. The van der Waals surface area contributed by atoms with Crippen molar-refractivity contribution in [1.29, 1.82) is 0 Å². The molecule has 0 amide bonds. The number of nitrogens with zero attached hydrogens (tertiary/aromatic N) is 1. The van der Waals surface area contributed by atoms with Crippen molar-refractivity contribution in [2.75, 3.05) is 6.61 Å². The van der Waals surface area contributed by atoms with E-state index in [1.807, 2.05) is 13.0 Å². The third-order valence-corrected chi connectivity index (χ3v) is 1.69. The number of pyridine rings is 1. The molecule has 0 atom stereocenters. The molecule has 1 rings (SSSR count). The van der Waals surface area contributed by atoms with Gasteiger partial charge in [-0.25, -0.2) is 0 Å². The van der Waals surface area contributed by atoms with Crippen LogP contribution in [-0.2, 0) is 11.3 Å². The van der Waals surface area contributed by atoms with Gasteiger partial charge in [0.1, 0.15) is 0 Å². The molecule has 0 spiro atoms. The average Bonchev–Trinajstić information content (AvgIpc) is 2.15. The quantitative estimate of drug-likeness (QED) is 0.662. The average molecular weight is 179 g/mol. The van der Waals surface area contributed by atoms with Gasteiger partial charge in [0.05, 0.1) is 12.3 Å². The van der Waals surface area contributed by atoms with Gasteiger partial charge in [-0.2, -0.15) is 0 Å². The minimum absolute atomic E-state index is 0.0375. The number of hydrogen-bond donors (Lipinski definition) is 0. The van der Waals surface area contributed by atoms with E-state index < -0.39 is 0 Å². The lowest BCUT2D eigenvalue weighted by atomic mass is 10.2. The molecule has 3 nitrogen and oxygen atoms in total. The zero-order valence-corrected chi connectivity index (χ0v) is 7.91. The maximum absolute atomic E-state index is 10.9. The summed E-state index contributed by atoms with van der Waals surface area (Å²) < 4.78 is 5.17. The lowest BCUT2D eigenvalue weighted by molar-refractivity contribution is 0.101. The number of aromatic nitrogens is 1. The molecule has 0 fully saturated rings. The second kappa shape index (κ2) is 4.72. The van der Waals surface area contributed by atoms with E-state index in [4.69, 9.17) is 4.74 Å². The molecule has 0 saturated heterocycles. The summed E-state index contributed by atoms with van der Waals surface area (Å²) in [6, 6.07) is 3.58. The number of carbonyl (C=O) groups excluding carboxylic acids is 1. The fraction of sp³-hybridized carbons (Fsp3) is 0.400. The van der Waals surface area contributed by atoms with Crippen molar-refractivity contribution in [3.05, 3.63) is 29.6 Å². The van der Waals surface area contributed by atoms with Gasteiger partial charge in [0.2, 0.25) is 0 Å². The molecule has 0 aromatic carbocycles. The van der Waals surface area contributed by atoms with Crippen molar-refractivity contribution in [3.63, 3.8) is 0 Å². The first-order valence-electron chi connectivity index (χ1n) is 4.27. The first-order chi connectivity index (χ1) is 6.24.